The van der Waals surface area contributed by atoms with E-state index in [4.69, 9.17) is 15.2 Å². The number of aldehydes is 1. The van der Waals surface area contributed by atoms with Crippen molar-refractivity contribution >= 4 is 12.1 Å². The number of aromatic nitrogens is 2. The molecule has 2 N–H and O–H groups in total. The average Bonchev–Trinajstić information content (AvgIpc) is 3.34. The van der Waals surface area contributed by atoms with E-state index in [1.54, 1.807) is 6.20 Å². The average molecular weight is 482 g/mol. The van der Waals surface area contributed by atoms with E-state index in [9.17, 15) is 9.59 Å². The molecule has 0 unspecified atom stereocenters. The van der Waals surface area contributed by atoms with Crippen LogP contribution in [0.25, 0.3) is 0 Å². The Kier molecular flexibility index (Phi) is 6.75. The minimum atomic E-state index is -0.932. The van der Waals surface area contributed by atoms with Crippen LogP contribution < -0.4 is 11.4 Å². The van der Waals surface area contributed by atoms with Crippen LogP contribution in [0.4, 0.5) is 5.82 Å². The van der Waals surface area contributed by atoms with Crippen molar-refractivity contribution in [2.45, 2.75) is 24.4 Å². The first-order valence-electron chi connectivity index (χ1n) is 11.9. The first-order chi connectivity index (χ1) is 17.6. The molecule has 1 fully saturated rings. The molecular formula is C29H27N3O4. The monoisotopic (exact) mass is 481 g/mol. The highest BCUT2D eigenvalue weighted by atomic mass is 16.6. The molecule has 7 heteroatoms. The Morgan fingerprint density at radius 3 is 1.92 bits per heavy atom. The maximum absolute atomic E-state index is 12.4. The maximum Gasteiger partial charge on any atom is 0.351 e. The molecule has 3 atom stereocenters. The third-order valence-corrected chi connectivity index (χ3v) is 6.62. The number of ether oxygens (including phenoxy) is 2. The van der Waals surface area contributed by atoms with E-state index in [1.807, 2.05) is 91.0 Å². The van der Waals surface area contributed by atoms with Crippen LogP contribution in [-0.4, -0.2) is 28.5 Å². The summed E-state index contributed by atoms with van der Waals surface area (Å²) in [4.78, 5) is 28.2. The summed E-state index contributed by atoms with van der Waals surface area (Å²) < 4.78 is 14.4. The Labute approximate surface area is 209 Å². The summed E-state index contributed by atoms with van der Waals surface area (Å²) in [5.74, 6) is -0.307. The lowest BCUT2D eigenvalue weighted by Gasteiger charge is -2.37. The number of carbonyl (C=O) groups is 1. The number of nitrogens with two attached hydrogens (primary N) is 1. The largest absolute Gasteiger partial charge is 0.383 e. The minimum Gasteiger partial charge on any atom is -0.383 e. The van der Waals surface area contributed by atoms with Crippen molar-refractivity contribution in [2.75, 3.05) is 12.3 Å². The van der Waals surface area contributed by atoms with E-state index in [0.29, 0.717) is 6.42 Å². The molecule has 1 saturated heterocycles. The number of rotatable bonds is 8. The highest BCUT2D eigenvalue weighted by molar-refractivity contribution is 5.55. The maximum atomic E-state index is 12.4. The number of nitrogen functional groups attached to an aromatic ring is 1. The molecule has 1 aliphatic rings. The van der Waals surface area contributed by atoms with Gasteiger partial charge in [-0.3, -0.25) is 4.57 Å². The SMILES string of the molecule is Nc1ccn([C@H]2C[C@H](C=O)[C@@H](COC(c3ccccc3)(c3ccccc3)c3ccccc3)O2)c(=O)n1. The second-order valence-electron chi connectivity index (χ2n) is 8.80. The molecule has 36 heavy (non-hydrogen) atoms. The van der Waals surface area contributed by atoms with Gasteiger partial charge in [0.1, 0.15) is 23.9 Å². The van der Waals surface area contributed by atoms with Crippen molar-refractivity contribution in [3.63, 3.8) is 0 Å². The summed E-state index contributed by atoms with van der Waals surface area (Å²) in [7, 11) is 0. The molecular weight excluding hydrogens is 454 g/mol. The van der Waals surface area contributed by atoms with Crippen molar-refractivity contribution in [3.8, 4) is 0 Å². The number of anilines is 1. The fraction of sp³-hybridized carbons (Fsp3) is 0.207. The van der Waals surface area contributed by atoms with Gasteiger partial charge < -0.3 is 20.0 Å². The Bertz CT molecular complexity index is 1260. The van der Waals surface area contributed by atoms with E-state index < -0.39 is 29.5 Å². The zero-order chi connectivity index (χ0) is 25.0. The predicted molar refractivity (Wildman–Crippen MR) is 136 cm³/mol. The number of hydrogen-bond acceptors (Lipinski definition) is 6. The van der Waals surface area contributed by atoms with Crippen LogP contribution in [0.1, 0.15) is 29.3 Å². The normalized spacial score (nSPS) is 19.7. The van der Waals surface area contributed by atoms with E-state index in [-0.39, 0.29) is 12.4 Å². The molecule has 0 bridgehead atoms. The molecule has 0 spiro atoms. The Morgan fingerprint density at radius 1 is 0.917 bits per heavy atom. The lowest BCUT2D eigenvalue weighted by Crippen LogP contribution is -2.37. The summed E-state index contributed by atoms with van der Waals surface area (Å²) in [6.07, 6.45) is 1.58. The standard InChI is InChI=1S/C29H27N3O4/c30-26-16-17-32(28(34)31-26)27-18-21(19-33)25(36-27)20-35-29(22-10-4-1-5-11-22,23-12-6-2-7-13-23)24-14-8-3-9-15-24/h1-17,19,21,25,27H,18,20H2,(H2,30,31,34)/t21-,25-,27-/m1/s1. The Balaban J connectivity index is 1.52. The van der Waals surface area contributed by atoms with Gasteiger partial charge in [0.05, 0.1) is 12.7 Å². The second-order valence-corrected chi connectivity index (χ2v) is 8.80. The predicted octanol–water partition coefficient (Wildman–Crippen LogP) is 3.94. The van der Waals surface area contributed by atoms with Crippen molar-refractivity contribution in [1.29, 1.82) is 0 Å². The van der Waals surface area contributed by atoms with Crippen LogP contribution in [0.15, 0.2) is 108 Å². The van der Waals surface area contributed by atoms with Crippen LogP contribution in [0.3, 0.4) is 0 Å². The van der Waals surface area contributed by atoms with Crippen LogP contribution in [0.2, 0.25) is 0 Å². The second kappa shape index (κ2) is 10.3. The molecule has 2 heterocycles. The zero-order valence-corrected chi connectivity index (χ0v) is 19.6. The van der Waals surface area contributed by atoms with Gasteiger partial charge in [0.2, 0.25) is 0 Å². The summed E-state index contributed by atoms with van der Waals surface area (Å²) in [6, 6.07) is 31.6. The van der Waals surface area contributed by atoms with Gasteiger partial charge in [-0.05, 0) is 22.8 Å². The molecule has 7 nitrogen and oxygen atoms in total. The van der Waals surface area contributed by atoms with Crippen LogP contribution >= 0.6 is 0 Å². The van der Waals surface area contributed by atoms with Gasteiger partial charge in [-0.2, -0.15) is 4.98 Å². The van der Waals surface area contributed by atoms with Crippen molar-refractivity contribution < 1.29 is 14.3 Å². The van der Waals surface area contributed by atoms with Gasteiger partial charge in [0.25, 0.3) is 0 Å². The van der Waals surface area contributed by atoms with Crippen molar-refractivity contribution in [3.05, 3.63) is 130 Å². The van der Waals surface area contributed by atoms with Crippen LogP contribution in [0, 0.1) is 5.92 Å². The van der Waals surface area contributed by atoms with Crippen LogP contribution in [-0.2, 0) is 19.9 Å². The summed E-state index contributed by atoms with van der Waals surface area (Å²) in [6.45, 7) is 0.135. The molecule has 3 aromatic carbocycles. The fourth-order valence-electron chi connectivity index (χ4n) is 4.85. The molecule has 0 saturated carbocycles. The topological polar surface area (TPSA) is 96.4 Å². The molecule has 1 aliphatic heterocycles. The third kappa shape index (κ3) is 4.46. The Hall–Kier alpha value is -4.07. The van der Waals surface area contributed by atoms with Gasteiger partial charge >= 0.3 is 5.69 Å². The first-order valence-corrected chi connectivity index (χ1v) is 11.9. The van der Waals surface area contributed by atoms with Gasteiger partial charge in [0, 0.05) is 18.5 Å². The van der Waals surface area contributed by atoms with Gasteiger partial charge in [-0.1, -0.05) is 91.0 Å². The highest BCUT2D eigenvalue weighted by Gasteiger charge is 2.42. The minimum absolute atomic E-state index is 0.135. The van der Waals surface area contributed by atoms with E-state index in [1.165, 1.54) is 10.6 Å². The highest BCUT2D eigenvalue weighted by Crippen LogP contribution is 2.42. The van der Waals surface area contributed by atoms with Gasteiger partial charge in [-0.15, -0.1) is 0 Å². The smallest absolute Gasteiger partial charge is 0.351 e. The van der Waals surface area contributed by atoms with Crippen molar-refractivity contribution in [1.82, 2.24) is 9.55 Å². The molecule has 4 aromatic rings. The number of hydrogen-bond donors (Lipinski definition) is 1. The number of carbonyl (C=O) groups excluding carboxylic acids is 1. The van der Waals surface area contributed by atoms with E-state index >= 15 is 0 Å². The molecule has 1 aromatic heterocycles. The number of nitrogens with zero attached hydrogens (tertiary/aromatic N) is 2. The van der Waals surface area contributed by atoms with E-state index in [0.717, 1.165) is 23.0 Å². The molecule has 5 rings (SSSR count). The third-order valence-electron chi connectivity index (χ3n) is 6.62. The lowest BCUT2D eigenvalue weighted by molar-refractivity contribution is -0.117. The van der Waals surface area contributed by atoms with E-state index in [2.05, 4.69) is 4.98 Å². The molecule has 0 radical (unpaired) electrons. The fourth-order valence-corrected chi connectivity index (χ4v) is 4.85. The lowest BCUT2D eigenvalue weighted by atomic mass is 9.80. The molecule has 0 amide bonds. The first kappa shape index (κ1) is 23.7. The quantitative estimate of drug-likeness (QED) is 0.303. The number of benzene rings is 3. The van der Waals surface area contributed by atoms with Gasteiger partial charge in [0.15, 0.2) is 0 Å². The molecule has 182 valence electrons. The van der Waals surface area contributed by atoms with Crippen molar-refractivity contribution in [2.24, 2.45) is 5.92 Å². The van der Waals surface area contributed by atoms with Crippen LogP contribution in [0.5, 0.6) is 0 Å². The van der Waals surface area contributed by atoms with Gasteiger partial charge in [-0.25, -0.2) is 4.79 Å². The zero-order valence-electron chi connectivity index (χ0n) is 19.6. The summed E-state index contributed by atoms with van der Waals surface area (Å²) in [5, 5.41) is 0. The summed E-state index contributed by atoms with van der Waals surface area (Å²) >= 11 is 0. The Morgan fingerprint density at radius 2 is 1.44 bits per heavy atom. The molecule has 0 aliphatic carbocycles. The summed E-state index contributed by atoms with van der Waals surface area (Å²) in [5.41, 5.74) is 7.05.